The van der Waals surface area contributed by atoms with E-state index in [1.54, 1.807) is 11.3 Å². The van der Waals surface area contributed by atoms with Crippen molar-refractivity contribution in [1.82, 2.24) is 9.88 Å². The third-order valence-corrected chi connectivity index (χ3v) is 4.59. The summed E-state index contributed by atoms with van der Waals surface area (Å²) in [6.45, 7) is 2.63. The summed E-state index contributed by atoms with van der Waals surface area (Å²) in [5.74, 6) is 0. The van der Waals surface area contributed by atoms with Crippen molar-refractivity contribution in [3.63, 3.8) is 0 Å². The monoisotopic (exact) mass is 315 g/mol. The van der Waals surface area contributed by atoms with E-state index < -0.39 is 0 Å². The Labute approximate surface area is 132 Å². The fourth-order valence-corrected chi connectivity index (χ4v) is 3.38. The molecule has 0 aliphatic carbocycles. The summed E-state index contributed by atoms with van der Waals surface area (Å²) in [6.07, 6.45) is 2.06. The Morgan fingerprint density at radius 3 is 2.90 bits per heavy atom. The highest BCUT2D eigenvalue weighted by Gasteiger charge is 2.02. The lowest BCUT2D eigenvalue weighted by molar-refractivity contribution is 0.613. The number of nitrogens with zero attached hydrogens (tertiary/aromatic N) is 2. The van der Waals surface area contributed by atoms with Gasteiger partial charge in [0.25, 0.3) is 0 Å². The summed E-state index contributed by atoms with van der Waals surface area (Å²) in [4.78, 5) is 1.25. The van der Waals surface area contributed by atoms with Crippen LogP contribution < -0.4 is 5.32 Å². The average molecular weight is 316 g/mol. The SMILES string of the molecule is N#Cc1ccc2c(ccn2CCNCc2ccc(Cl)s2)c1. The van der Waals surface area contributed by atoms with Crippen LogP contribution in [0.2, 0.25) is 4.34 Å². The van der Waals surface area contributed by atoms with Crippen molar-refractivity contribution in [3.05, 3.63) is 57.4 Å². The number of rotatable bonds is 5. The van der Waals surface area contributed by atoms with Crippen molar-refractivity contribution in [2.75, 3.05) is 6.54 Å². The number of hydrogen-bond donors (Lipinski definition) is 1. The van der Waals surface area contributed by atoms with Crippen molar-refractivity contribution >= 4 is 33.8 Å². The summed E-state index contributed by atoms with van der Waals surface area (Å²) >= 11 is 7.52. The lowest BCUT2D eigenvalue weighted by Gasteiger charge is -2.06. The molecule has 0 atom stereocenters. The molecule has 0 bridgehead atoms. The molecule has 0 spiro atoms. The number of nitrogens with one attached hydrogen (secondary N) is 1. The topological polar surface area (TPSA) is 40.8 Å². The molecule has 0 saturated carbocycles. The summed E-state index contributed by atoms with van der Waals surface area (Å²) in [5, 5.41) is 13.4. The van der Waals surface area contributed by atoms with Crippen molar-refractivity contribution < 1.29 is 0 Å². The Bertz CT molecular complexity index is 797. The first-order chi connectivity index (χ1) is 10.3. The molecule has 3 nitrogen and oxygen atoms in total. The van der Waals surface area contributed by atoms with Gasteiger partial charge in [0.2, 0.25) is 0 Å². The van der Waals surface area contributed by atoms with E-state index >= 15 is 0 Å². The van der Waals surface area contributed by atoms with E-state index in [4.69, 9.17) is 16.9 Å². The van der Waals surface area contributed by atoms with Gasteiger partial charge >= 0.3 is 0 Å². The van der Waals surface area contributed by atoms with E-state index in [0.717, 1.165) is 34.9 Å². The zero-order valence-corrected chi connectivity index (χ0v) is 12.9. The van der Waals surface area contributed by atoms with Crippen LogP contribution in [-0.4, -0.2) is 11.1 Å². The van der Waals surface area contributed by atoms with Gasteiger partial charge in [0.15, 0.2) is 0 Å². The second kappa shape index (κ2) is 6.31. The molecular weight excluding hydrogens is 302 g/mol. The van der Waals surface area contributed by atoms with Crippen LogP contribution >= 0.6 is 22.9 Å². The zero-order chi connectivity index (χ0) is 14.7. The number of nitriles is 1. The number of thiophene rings is 1. The number of halogens is 1. The molecule has 0 aliphatic heterocycles. The maximum atomic E-state index is 8.91. The van der Waals surface area contributed by atoms with Gasteiger partial charge in [0.05, 0.1) is 16.0 Å². The lowest BCUT2D eigenvalue weighted by atomic mass is 10.2. The second-order valence-electron chi connectivity index (χ2n) is 4.78. The van der Waals surface area contributed by atoms with Crippen LogP contribution in [0.15, 0.2) is 42.6 Å². The highest BCUT2D eigenvalue weighted by Crippen LogP contribution is 2.21. The van der Waals surface area contributed by atoms with Crippen LogP contribution in [0.5, 0.6) is 0 Å². The first-order valence-corrected chi connectivity index (χ1v) is 7.89. The summed E-state index contributed by atoms with van der Waals surface area (Å²) < 4.78 is 3.03. The number of hydrogen-bond acceptors (Lipinski definition) is 3. The summed E-state index contributed by atoms with van der Waals surface area (Å²) in [6, 6.07) is 14.0. The van der Waals surface area contributed by atoms with Gasteiger partial charge in [0, 0.05) is 41.6 Å². The Balaban J connectivity index is 1.59. The van der Waals surface area contributed by atoms with Crippen molar-refractivity contribution in [2.24, 2.45) is 0 Å². The van der Waals surface area contributed by atoms with E-state index in [0.29, 0.717) is 5.56 Å². The van der Waals surface area contributed by atoms with Crippen molar-refractivity contribution in [3.8, 4) is 6.07 Å². The van der Waals surface area contributed by atoms with Gasteiger partial charge in [-0.05, 0) is 36.4 Å². The third kappa shape index (κ3) is 3.27. The molecule has 0 unspecified atom stereocenters. The first kappa shape index (κ1) is 14.2. The van der Waals surface area contributed by atoms with Crippen molar-refractivity contribution in [1.29, 1.82) is 5.26 Å². The molecule has 21 heavy (non-hydrogen) atoms. The van der Waals surface area contributed by atoms with Crippen LogP contribution in [0.25, 0.3) is 10.9 Å². The van der Waals surface area contributed by atoms with Gasteiger partial charge in [-0.3, -0.25) is 0 Å². The van der Waals surface area contributed by atoms with Gasteiger partial charge in [-0.25, -0.2) is 0 Å². The van der Waals surface area contributed by atoms with E-state index in [1.807, 2.05) is 24.3 Å². The highest BCUT2D eigenvalue weighted by atomic mass is 35.5. The Morgan fingerprint density at radius 2 is 2.14 bits per heavy atom. The Morgan fingerprint density at radius 1 is 1.24 bits per heavy atom. The van der Waals surface area contributed by atoms with Gasteiger partial charge < -0.3 is 9.88 Å². The third-order valence-electron chi connectivity index (χ3n) is 3.36. The Kier molecular flexibility index (Phi) is 4.26. The first-order valence-electron chi connectivity index (χ1n) is 6.70. The van der Waals surface area contributed by atoms with Crippen LogP contribution in [0, 0.1) is 11.3 Å². The molecule has 0 radical (unpaired) electrons. The molecule has 1 N–H and O–H groups in total. The zero-order valence-electron chi connectivity index (χ0n) is 11.3. The normalized spacial score (nSPS) is 10.9. The largest absolute Gasteiger partial charge is 0.346 e. The van der Waals surface area contributed by atoms with Gasteiger partial charge in [-0.1, -0.05) is 11.6 Å². The minimum atomic E-state index is 0.702. The van der Waals surface area contributed by atoms with E-state index in [2.05, 4.69) is 34.3 Å². The molecule has 0 saturated heterocycles. The minimum absolute atomic E-state index is 0.702. The summed E-state index contributed by atoms with van der Waals surface area (Å²) in [5.41, 5.74) is 1.86. The maximum Gasteiger partial charge on any atom is 0.0991 e. The van der Waals surface area contributed by atoms with Gasteiger partial charge in [0.1, 0.15) is 0 Å². The predicted molar refractivity (Wildman–Crippen MR) is 87.7 cm³/mol. The standard InChI is InChI=1S/C16H14ClN3S/c17-16-4-2-14(21-16)11-19-6-8-20-7-5-13-9-12(10-18)1-3-15(13)20/h1-5,7,9,19H,6,8,11H2. The quantitative estimate of drug-likeness (QED) is 0.722. The number of aromatic nitrogens is 1. The number of benzene rings is 1. The van der Waals surface area contributed by atoms with Crippen LogP contribution in [0.4, 0.5) is 0 Å². The molecule has 106 valence electrons. The van der Waals surface area contributed by atoms with Gasteiger partial charge in [-0.15, -0.1) is 11.3 Å². The van der Waals surface area contributed by atoms with Crippen LogP contribution in [-0.2, 0) is 13.1 Å². The maximum absolute atomic E-state index is 8.91. The van der Waals surface area contributed by atoms with Gasteiger partial charge in [-0.2, -0.15) is 5.26 Å². The fraction of sp³-hybridized carbons (Fsp3) is 0.188. The predicted octanol–water partition coefficient (Wildman–Crippen LogP) is 4.02. The van der Waals surface area contributed by atoms with Crippen LogP contribution in [0.3, 0.4) is 0 Å². The lowest BCUT2D eigenvalue weighted by Crippen LogP contribution is -2.18. The molecule has 0 fully saturated rings. The fourth-order valence-electron chi connectivity index (χ4n) is 2.32. The molecule has 0 aliphatic rings. The average Bonchev–Trinajstić information content (AvgIpc) is 3.09. The molecule has 1 aromatic carbocycles. The molecule has 3 rings (SSSR count). The van der Waals surface area contributed by atoms with E-state index in [-0.39, 0.29) is 0 Å². The molecule has 2 aromatic heterocycles. The number of fused-ring (bicyclic) bond motifs is 1. The van der Waals surface area contributed by atoms with Crippen molar-refractivity contribution in [2.45, 2.75) is 13.1 Å². The molecular formula is C16H14ClN3S. The molecule has 3 aromatic rings. The summed E-state index contributed by atoms with van der Waals surface area (Å²) in [7, 11) is 0. The second-order valence-corrected chi connectivity index (χ2v) is 6.58. The molecule has 2 heterocycles. The smallest absolute Gasteiger partial charge is 0.0991 e. The van der Waals surface area contributed by atoms with Crippen LogP contribution in [0.1, 0.15) is 10.4 Å². The minimum Gasteiger partial charge on any atom is -0.346 e. The molecule has 0 amide bonds. The molecule has 5 heteroatoms. The highest BCUT2D eigenvalue weighted by molar-refractivity contribution is 7.16. The van der Waals surface area contributed by atoms with E-state index in [1.165, 1.54) is 4.88 Å². The Hall–Kier alpha value is -1.80. The van der Waals surface area contributed by atoms with E-state index in [9.17, 15) is 0 Å².